The van der Waals surface area contributed by atoms with Gasteiger partial charge in [0.25, 0.3) is 0 Å². The summed E-state index contributed by atoms with van der Waals surface area (Å²) in [4.78, 5) is 0. The van der Waals surface area contributed by atoms with Gasteiger partial charge in [-0.2, -0.15) is 0 Å². The summed E-state index contributed by atoms with van der Waals surface area (Å²) in [6.45, 7) is 1.16. The van der Waals surface area contributed by atoms with E-state index in [0.717, 1.165) is 0 Å². The zero-order valence-corrected chi connectivity index (χ0v) is 4.83. The molecule has 0 aromatic rings. The highest BCUT2D eigenvalue weighted by Gasteiger charge is 2.23. The lowest BCUT2D eigenvalue weighted by molar-refractivity contribution is 0.0583. The molecule has 0 bridgehead atoms. The summed E-state index contributed by atoms with van der Waals surface area (Å²) < 4.78 is 0. The van der Waals surface area contributed by atoms with Crippen LogP contribution in [0.1, 0.15) is 6.92 Å². The third-order valence-electron chi connectivity index (χ3n) is 1.02. The van der Waals surface area contributed by atoms with Gasteiger partial charge >= 0.3 is 0 Å². The fraction of sp³-hybridized carbons (Fsp3) is 1.00. The first-order valence-electron chi connectivity index (χ1n) is 2.34. The van der Waals surface area contributed by atoms with Crippen LogP contribution in [0.4, 0.5) is 0 Å². The van der Waals surface area contributed by atoms with Crippen LogP contribution in [0, 0.1) is 0 Å². The molecule has 0 fully saturated rings. The first-order valence-corrected chi connectivity index (χ1v) is 2.34. The average Bonchev–Trinajstić information content (AvgIpc) is 1.67. The third kappa shape index (κ3) is 1.75. The second kappa shape index (κ2) is 2.41. The molecule has 4 nitrogen and oxygen atoms in total. The van der Waals surface area contributed by atoms with Crippen LogP contribution in [0.5, 0.6) is 0 Å². The molecule has 0 rings (SSSR count). The molecule has 0 aliphatic heterocycles. The van der Waals surface area contributed by atoms with Crippen molar-refractivity contribution in [1.29, 1.82) is 0 Å². The molecule has 50 valence electrons. The average molecular weight is 120 g/mol. The smallest absolute Gasteiger partial charge is 0.122 e. The first-order chi connectivity index (χ1) is 3.50. The summed E-state index contributed by atoms with van der Waals surface area (Å²) >= 11 is 0. The second-order valence-corrected chi connectivity index (χ2v) is 2.11. The predicted octanol–water partition coefficient (Wildman–Crippen LogP) is -2.03. The highest BCUT2D eigenvalue weighted by atomic mass is 16.3. The Hall–Kier alpha value is -0.160. The summed E-state index contributed by atoms with van der Waals surface area (Å²) in [7, 11) is 0. The van der Waals surface area contributed by atoms with Crippen LogP contribution in [0.15, 0.2) is 0 Å². The molecule has 0 radical (unpaired) electrons. The maximum Gasteiger partial charge on any atom is 0.122 e. The van der Waals surface area contributed by atoms with Crippen LogP contribution < -0.4 is 11.5 Å². The van der Waals surface area contributed by atoms with Gasteiger partial charge in [0.05, 0.1) is 12.1 Å². The van der Waals surface area contributed by atoms with E-state index < -0.39 is 11.8 Å². The lowest BCUT2D eigenvalue weighted by Gasteiger charge is -2.24. The van der Waals surface area contributed by atoms with Crippen molar-refractivity contribution >= 4 is 0 Å². The van der Waals surface area contributed by atoms with Gasteiger partial charge < -0.3 is 21.7 Å². The number of nitrogens with two attached hydrogens (primary N) is 2. The lowest BCUT2D eigenvalue weighted by Crippen LogP contribution is -2.55. The fourth-order valence-electron chi connectivity index (χ4n) is 0.0935. The minimum Gasteiger partial charge on any atom is -0.394 e. The van der Waals surface area contributed by atoms with Crippen LogP contribution in [-0.2, 0) is 0 Å². The Bertz CT molecular complexity index is 72.4. The van der Waals surface area contributed by atoms with Crippen molar-refractivity contribution in [2.75, 3.05) is 6.61 Å². The second-order valence-electron chi connectivity index (χ2n) is 2.11. The molecule has 0 amide bonds. The van der Waals surface area contributed by atoms with E-state index in [-0.39, 0.29) is 6.61 Å². The predicted molar refractivity (Wildman–Crippen MR) is 29.9 cm³/mol. The van der Waals surface area contributed by atoms with Crippen molar-refractivity contribution in [3.63, 3.8) is 0 Å². The molecule has 2 atom stereocenters. The zero-order valence-electron chi connectivity index (χ0n) is 4.83. The van der Waals surface area contributed by atoms with Crippen molar-refractivity contribution in [1.82, 2.24) is 0 Å². The molecule has 0 saturated carbocycles. The summed E-state index contributed by atoms with van der Waals surface area (Å²) in [5.41, 5.74) is 9.12. The molecule has 4 heteroatoms. The number of rotatable bonds is 2. The van der Waals surface area contributed by atoms with E-state index in [1.165, 1.54) is 6.92 Å². The highest BCUT2D eigenvalue weighted by molar-refractivity contribution is 4.81. The molecule has 8 heavy (non-hydrogen) atoms. The van der Waals surface area contributed by atoms with Gasteiger partial charge in [0, 0.05) is 0 Å². The van der Waals surface area contributed by atoms with E-state index in [4.69, 9.17) is 21.7 Å². The summed E-state index contributed by atoms with van der Waals surface area (Å²) in [6, 6.07) is 0. The molecule has 0 saturated heterocycles. The molecule has 2 unspecified atom stereocenters. The van der Waals surface area contributed by atoms with Crippen LogP contribution in [0.2, 0.25) is 0 Å². The largest absolute Gasteiger partial charge is 0.394 e. The van der Waals surface area contributed by atoms with Gasteiger partial charge in [-0.15, -0.1) is 0 Å². The Morgan fingerprint density at radius 2 is 2.12 bits per heavy atom. The summed E-state index contributed by atoms with van der Waals surface area (Å²) in [5, 5.41) is 17.0. The van der Waals surface area contributed by atoms with E-state index in [1.807, 2.05) is 0 Å². The summed E-state index contributed by atoms with van der Waals surface area (Å²) in [6.07, 6.45) is -1.16. The molecule has 0 aromatic carbocycles. The zero-order chi connectivity index (χ0) is 6.78. The standard InChI is InChI=1S/C4H12N2O2/c1-4(6,2-7)3(5)8/h3,7-8H,2,5-6H2,1H3. The van der Waals surface area contributed by atoms with E-state index in [9.17, 15) is 0 Å². The van der Waals surface area contributed by atoms with E-state index in [0.29, 0.717) is 0 Å². The normalized spacial score (nSPS) is 22.1. The number of aliphatic hydroxyl groups excluding tert-OH is 2. The minimum atomic E-state index is -1.16. The first kappa shape index (κ1) is 7.84. The monoisotopic (exact) mass is 120 g/mol. The number of aliphatic hydroxyl groups is 2. The maximum atomic E-state index is 8.57. The SMILES string of the molecule is CC(N)(CO)C(N)O. The maximum absolute atomic E-state index is 8.57. The minimum absolute atomic E-state index is 0.315. The van der Waals surface area contributed by atoms with Crippen LogP contribution in [0.25, 0.3) is 0 Å². The Morgan fingerprint density at radius 3 is 2.12 bits per heavy atom. The van der Waals surface area contributed by atoms with Crippen LogP contribution in [-0.4, -0.2) is 28.6 Å². The van der Waals surface area contributed by atoms with Crippen molar-refractivity contribution < 1.29 is 10.2 Å². The molecule has 0 aliphatic rings. The fourth-order valence-corrected chi connectivity index (χ4v) is 0.0935. The number of hydrogen-bond acceptors (Lipinski definition) is 4. The molecule has 6 N–H and O–H groups in total. The van der Waals surface area contributed by atoms with Gasteiger partial charge in [0.1, 0.15) is 6.23 Å². The van der Waals surface area contributed by atoms with Crippen molar-refractivity contribution in [3.8, 4) is 0 Å². The van der Waals surface area contributed by atoms with Gasteiger partial charge in [0.15, 0.2) is 0 Å². The van der Waals surface area contributed by atoms with Gasteiger partial charge in [-0.25, -0.2) is 0 Å². The van der Waals surface area contributed by atoms with Crippen molar-refractivity contribution in [2.45, 2.75) is 18.7 Å². The van der Waals surface area contributed by atoms with Gasteiger partial charge in [-0.3, -0.25) is 0 Å². The Balaban J connectivity index is 3.71. The van der Waals surface area contributed by atoms with Crippen molar-refractivity contribution in [2.24, 2.45) is 11.5 Å². The summed E-state index contributed by atoms with van der Waals surface area (Å²) in [5.74, 6) is 0. The number of hydrogen-bond donors (Lipinski definition) is 4. The Kier molecular flexibility index (Phi) is 2.36. The quantitative estimate of drug-likeness (QED) is 0.316. The molecular formula is C4H12N2O2. The van der Waals surface area contributed by atoms with E-state index in [1.54, 1.807) is 0 Å². The third-order valence-corrected chi connectivity index (χ3v) is 1.02. The highest BCUT2D eigenvalue weighted by Crippen LogP contribution is 1.97. The molecule has 0 aromatic heterocycles. The van der Waals surface area contributed by atoms with Crippen molar-refractivity contribution in [3.05, 3.63) is 0 Å². The lowest BCUT2D eigenvalue weighted by atomic mass is 10.0. The Labute approximate surface area is 48.1 Å². The van der Waals surface area contributed by atoms with Gasteiger partial charge in [-0.05, 0) is 6.92 Å². The van der Waals surface area contributed by atoms with E-state index in [2.05, 4.69) is 0 Å². The molecule has 0 aliphatic carbocycles. The van der Waals surface area contributed by atoms with E-state index >= 15 is 0 Å². The molecule has 0 heterocycles. The Morgan fingerprint density at radius 1 is 1.75 bits per heavy atom. The topological polar surface area (TPSA) is 92.5 Å². The van der Waals surface area contributed by atoms with Gasteiger partial charge in [0.2, 0.25) is 0 Å². The van der Waals surface area contributed by atoms with Crippen LogP contribution in [0.3, 0.4) is 0 Å². The van der Waals surface area contributed by atoms with Crippen LogP contribution >= 0.6 is 0 Å². The van der Waals surface area contributed by atoms with Gasteiger partial charge in [-0.1, -0.05) is 0 Å². The molecule has 0 spiro atoms. The molecular weight excluding hydrogens is 108 g/mol.